The highest BCUT2D eigenvalue weighted by atomic mass is 32.1. The number of aromatic nitrogens is 1. The molecule has 1 atom stereocenters. The van der Waals surface area contributed by atoms with Crippen molar-refractivity contribution in [3.63, 3.8) is 0 Å². The minimum absolute atomic E-state index is 0.0698. The molecule has 0 saturated carbocycles. The van der Waals surface area contributed by atoms with Crippen LogP contribution in [-0.4, -0.2) is 69.7 Å². The van der Waals surface area contributed by atoms with Crippen LogP contribution in [0.25, 0.3) is 5.69 Å². The monoisotopic (exact) mass is 516 g/mol. The third-order valence-corrected chi connectivity index (χ3v) is 9.23. The molecule has 5 heterocycles. The third kappa shape index (κ3) is 4.70. The maximum absolute atomic E-state index is 13.5. The second kappa shape index (κ2) is 9.82. The summed E-state index contributed by atoms with van der Waals surface area (Å²) in [7, 11) is 0. The number of nitrogens with zero attached hydrogens (tertiary/aromatic N) is 4. The number of likely N-dealkylation sites (tertiary alicyclic amines) is 3. The molecule has 0 aliphatic carbocycles. The van der Waals surface area contributed by atoms with Crippen molar-refractivity contribution in [2.45, 2.75) is 32.2 Å². The second-order valence-electron chi connectivity index (χ2n) is 10.7. The molecule has 3 aliphatic rings. The number of piperidine rings is 1. The molecular formula is C29H32N4O3S. The van der Waals surface area contributed by atoms with Gasteiger partial charge in [-0.1, -0.05) is 18.2 Å². The molecule has 1 aromatic carbocycles. The van der Waals surface area contributed by atoms with E-state index >= 15 is 0 Å². The smallest absolute Gasteiger partial charge is 0.255 e. The molecule has 8 heteroatoms. The molecule has 3 saturated heterocycles. The van der Waals surface area contributed by atoms with Gasteiger partial charge in [-0.3, -0.25) is 14.4 Å². The van der Waals surface area contributed by atoms with Crippen LogP contribution in [-0.2, 0) is 16.1 Å². The first kappa shape index (κ1) is 24.0. The number of thiophene rings is 1. The van der Waals surface area contributed by atoms with Gasteiger partial charge in [0.15, 0.2) is 0 Å². The molecule has 0 N–H and O–H groups in total. The Morgan fingerprint density at radius 3 is 2.38 bits per heavy atom. The van der Waals surface area contributed by atoms with Crippen LogP contribution in [0.2, 0.25) is 0 Å². The molecule has 192 valence electrons. The summed E-state index contributed by atoms with van der Waals surface area (Å²) < 4.78 is 1.98. The van der Waals surface area contributed by atoms with Crippen LogP contribution in [0.15, 0.2) is 66.3 Å². The largest absolute Gasteiger partial charge is 0.342 e. The Morgan fingerprint density at radius 1 is 0.919 bits per heavy atom. The Hall–Kier alpha value is -3.39. The highest BCUT2D eigenvalue weighted by Gasteiger charge is 2.45. The van der Waals surface area contributed by atoms with Crippen molar-refractivity contribution in [2.24, 2.45) is 11.3 Å². The van der Waals surface area contributed by atoms with Crippen LogP contribution < -0.4 is 0 Å². The van der Waals surface area contributed by atoms with E-state index in [4.69, 9.17) is 0 Å². The molecular weight excluding hydrogens is 484 g/mol. The number of amides is 3. The summed E-state index contributed by atoms with van der Waals surface area (Å²) in [5.41, 5.74) is 1.69. The van der Waals surface area contributed by atoms with E-state index in [-0.39, 0.29) is 29.1 Å². The zero-order chi connectivity index (χ0) is 25.4. The first-order valence-electron chi connectivity index (χ1n) is 13.1. The zero-order valence-corrected chi connectivity index (χ0v) is 21.7. The summed E-state index contributed by atoms with van der Waals surface area (Å²) in [4.78, 5) is 46.3. The predicted molar refractivity (Wildman–Crippen MR) is 142 cm³/mol. The van der Waals surface area contributed by atoms with Crippen LogP contribution in [0.5, 0.6) is 0 Å². The van der Waals surface area contributed by atoms with Gasteiger partial charge in [0.1, 0.15) is 0 Å². The fourth-order valence-corrected chi connectivity index (χ4v) is 6.92. The predicted octanol–water partition coefficient (Wildman–Crippen LogP) is 4.04. The number of benzene rings is 1. The first-order valence-corrected chi connectivity index (χ1v) is 14.0. The lowest BCUT2D eigenvalue weighted by molar-refractivity contribution is -0.135. The highest BCUT2D eigenvalue weighted by Crippen LogP contribution is 2.41. The fourth-order valence-electron chi connectivity index (χ4n) is 6.20. The van der Waals surface area contributed by atoms with E-state index in [9.17, 15) is 14.4 Å². The Balaban J connectivity index is 1.06. The van der Waals surface area contributed by atoms with Gasteiger partial charge in [-0.2, -0.15) is 0 Å². The fraction of sp³-hybridized carbons (Fsp3) is 0.414. The zero-order valence-electron chi connectivity index (χ0n) is 20.9. The molecule has 1 spiro atoms. The van der Waals surface area contributed by atoms with Gasteiger partial charge in [0.2, 0.25) is 11.8 Å². The lowest BCUT2D eigenvalue weighted by Gasteiger charge is -2.39. The van der Waals surface area contributed by atoms with Crippen molar-refractivity contribution in [3.05, 3.63) is 76.7 Å². The van der Waals surface area contributed by atoms with Crippen molar-refractivity contribution in [3.8, 4) is 5.69 Å². The van der Waals surface area contributed by atoms with Crippen LogP contribution >= 0.6 is 11.3 Å². The van der Waals surface area contributed by atoms with Gasteiger partial charge < -0.3 is 19.3 Å². The summed E-state index contributed by atoms with van der Waals surface area (Å²) in [5.74, 6) is 0.0283. The molecule has 2 aromatic heterocycles. The summed E-state index contributed by atoms with van der Waals surface area (Å²) >= 11 is 1.64. The summed E-state index contributed by atoms with van der Waals surface area (Å²) in [6, 6.07) is 15.7. The number of para-hydroxylation sites is 1. The molecule has 3 amide bonds. The van der Waals surface area contributed by atoms with E-state index in [0.29, 0.717) is 32.6 Å². The minimum atomic E-state index is -0.241. The van der Waals surface area contributed by atoms with Crippen LogP contribution in [0, 0.1) is 11.3 Å². The molecule has 3 fully saturated rings. The Morgan fingerprint density at radius 2 is 1.65 bits per heavy atom. The lowest BCUT2D eigenvalue weighted by atomic mass is 9.77. The van der Waals surface area contributed by atoms with E-state index < -0.39 is 0 Å². The molecule has 7 nitrogen and oxygen atoms in total. The Bertz CT molecular complexity index is 1280. The number of carbonyl (C=O) groups excluding carboxylic acids is 3. The molecule has 0 radical (unpaired) electrons. The molecule has 3 aliphatic heterocycles. The van der Waals surface area contributed by atoms with Crippen molar-refractivity contribution >= 4 is 29.1 Å². The van der Waals surface area contributed by atoms with Crippen LogP contribution in [0.4, 0.5) is 0 Å². The summed E-state index contributed by atoms with van der Waals surface area (Å²) in [5, 5.41) is 2.02. The lowest BCUT2D eigenvalue weighted by Crippen LogP contribution is -2.45. The summed E-state index contributed by atoms with van der Waals surface area (Å²) in [6.45, 7) is 4.01. The van der Waals surface area contributed by atoms with Crippen molar-refractivity contribution in [2.75, 3.05) is 32.7 Å². The van der Waals surface area contributed by atoms with Gasteiger partial charge >= 0.3 is 0 Å². The number of carbonyl (C=O) groups is 3. The Labute approximate surface area is 221 Å². The minimum Gasteiger partial charge on any atom is -0.342 e. The molecule has 37 heavy (non-hydrogen) atoms. The first-order chi connectivity index (χ1) is 18.0. The number of rotatable bonds is 5. The van der Waals surface area contributed by atoms with Gasteiger partial charge in [0.05, 0.1) is 23.7 Å². The Kier molecular flexibility index (Phi) is 6.36. The number of hydrogen-bond donors (Lipinski definition) is 0. The van der Waals surface area contributed by atoms with Crippen molar-refractivity contribution in [1.29, 1.82) is 0 Å². The average Bonchev–Trinajstić information content (AvgIpc) is 3.74. The van der Waals surface area contributed by atoms with Crippen molar-refractivity contribution < 1.29 is 14.4 Å². The van der Waals surface area contributed by atoms with Crippen LogP contribution in [0.1, 0.15) is 40.9 Å². The number of hydrogen-bond acceptors (Lipinski definition) is 4. The quantitative estimate of drug-likeness (QED) is 0.514. The van der Waals surface area contributed by atoms with Crippen LogP contribution in [0.3, 0.4) is 0 Å². The van der Waals surface area contributed by atoms with E-state index in [1.54, 1.807) is 11.3 Å². The topological polar surface area (TPSA) is 65.9 Å². The normalized spacial score (nSPS) is 21.2. The standard InChI is InChI=1S/C29H32N4O3S/c34-26-18-22(19-33(26)20-23-6-5-17-37-23)27(35)32-16-11-29(21-32)9-14-31(15-10-29)28(36)24-7-1-2-8-25(24)30-12-3-4-13-30/h1-8,12-13,17,22H,9-11,14-16,18-21H2. The van der Waals surface area contributed by atoms with Gasteiger partial charge in [-0.25, -0.2) is 0 Å². The maximum atomic E-state index is 13.5. The summed E-state index contributed by atoms with van der Waals surface area (Å²) in [6.07, 6.45) is 7.02. The molecule has 6 rings (SSSR count). The van der Waals surface area contributed by atoms with Gasteiger partial charge in [0, 0.05) is 56.4 Å². The SMILES string of the molecule is O=C1CC(C(=O)N2CCC3(CCN(C(=O)c4ccccc4-n4cccc4)CC3)C2)CN1Cc1cccs1. The van der Waals surface area contributed by atoms with Gasteiger partial charge in [0.25, 0.3) is 5.91 Å². The maximum Gasteiger partial charge on any atom is 0.255 e. The second-order valence-corrected chi connectivity index (χ2v) is 11.7. The third-order valence-electron chi connectivity index (χ3n) is 8.37. The van der Waals surface area contributed by atoms with E-state index in [1.807, 2.05) is 85.6 Å². The van der Waals surface area contributed by atoms with E-state index in [0.717, 1.165) is 48.5 Å². The molecule has 0 bridgehead atoms. The van der Waals surface area contributed by atoms with E-state index in [1.165, 1.54) is 0 Å². The molecule has 3 aromatic rings. The average molecular weight is 517 g/mol. The highest BCUT2D eigenvalue weighted by molar-refractivity contribution is 7.09. The van der Waals surface area contributed by atoms with Crippen molar-refractivity contribution in [1.82, 2.24) is 19.3 Å². The van der Waals surface area contributed by atoms with Gasteiger partial charge in [-0.15, -0.1) is 11.3 Å². The molecule has 1 unspecified atom stereocenters. The van der Waals surface area contributed by atoms with Gasteiger partial charge in [-0.05, 0) is 60.4 Å². The van der Waals surface area contributed by atoms with E-state index in [2.05, 4.69) is 0 Å².